The van der Waals surface area contributed by atoms with Gasteiger partial charge in [-0.2, -0.15) is 0 Å². The summed E-state index contributed by atoms with van der Waals surface area (Å²) in [7, 11) is 0. The summed E-state index contributed by atoms with van der Waals surface area (Å²) in [5, 5.41) is 7.02. The average molecular weight is 391 g/mol. The third kappa shape index (κ3) is 4.77. The SMILES string of the molecule is Cc1ccc(Cl)cc1NC(=O)C1CC1C(=O)NCCc1cccc(Cl)c1. The van der Waals surface area contributed by atoms with Crippen molar-refractivity contribution in [3.8, 4) is 0 Å². The molecule has 2 aromatic rings. The van der Waals surface area contributed by atoms with Crippen molar-refractivity contribution in [2.75, 3.05) is 11.9 Å². The lowest BCUT2D eigenvalue weighted by atomic mass is 10.1. The quantitative estimate of drug-likeness (QED) is 0.774. The van der Waals surface area contributed by atoms with E-state index in [1.54, 1.807) is 12.1 Å². The summed E-state index contributed by atoms with van der Waals surface area (Å²) in [6.45, 7) is 2.43. The Labute approximate surface area is 162 Å². The number of carbonyl (C=O) groups is 2. The molecule has 1 fully saturated rings. The molecule has 2 atom stereocenters. The molecular formula is C20H20Cl2N2O2. The van der Waals surface area contributed by atoms with Gasteiger partial charge >= 0.3 is 0 Å². The van der Waals surface area contributed by atoms with Crippen molar-refractivity contribution in [2.45, 2.75) is 19.8 Å². The Hall–Kier alpha value is -2.04. The molecular weight excluding hydrogens is 371 g/mol. The number of benzene rings is 2. The Bertz CT molecular complexity index is 838. The van der Waals surface area contributed by atoms with Crippen LogP contribution in [-0.2, 0) is 16.0 Å². The first kappa shape index (κ1) is 18.7. The topological polar surface area (TPSA) is 58.2 Å². The van der Waals surface area contributed by atoms with Gasteiger partial charge in [-0.15, -0.1) is 0 Å². The van der Waals surface area contributed by atoms with Crippen molar-refractivity contribution in [3.05, 3.63) is 63.6 Å². The van der Waals surface area contributed by atoms with Gasteiger partial charge in [-0.3, -0.25) is 9.59 Å². The zero-order valence-corrected chi connectivity index (χ0v) is 15.9. The van der Waals surface area contributed by atoms with Gasteiger partial charge in [-0.05, 0) is 55.2 Å². The van der Waals surface area contributed by atoms with Crippen molar-refractivity contribution in [2.24, 2.45) is 11.8 Å². The number of aryl methyl sites for hydroxylation is 1. The van der Waals surface area contributed by atoms with Crippen LogP contribution < -0.4 is 10.6 Å². The van der Waals surface area contributed by atoms with E-state index in [1.165, 1.54) is 0 Å². The molecule has 0 spiro atoms. The standard InChI is InChI=1S/C20H20Cl2N2O2/c1-12-5-6-15(22)10-18(12)24-20(26)17-11-16(17)19(25)23-8-7-13-3-2-4-14(21)9-13/h2-6,9-10,16-17H,7-8,11H2,1H3,(H,23,25)(H,24,26). The fraction of sp³-hybridized carbons (Fsp3) is 0.300. The van der Waals surface area contributed by atoms with Gasteiger partial charge < -0.3 is 10.6 Å². The molecule has 0 saturated heterocycles. The predicted molar refractivity (Wildman–Crippen MR) is 105 cm³/mol. The molecule has 2 amide bonds. The van der Waals surface area contributed by atoms with Crippen molar-refractivity contribution in [1.82, 2.24) is 5.32 Å². The molecule has 26 heavy (non-hydrogen) atoms. The third-order valence-electron chi connectivity index (χ3n) is 4.52. The number of rotatable bonds is 6. The van der Waals surface area contributed by atoms with Crippen LogP contribution in [0.4, 0.5) is 5.69 Å². The van der Waals surface area contributed by atoms with E-state index in [0.717, 1.165) is 11.1 Å². The molecule has 0 aliphatic heterocycles. The van der Waals surface area contributed by atoms with E-state index in [9.17, 15) is 9.59 Å². The van der Waals surface area contributed by atoms with Crippen LogP contribution in [0.5, 0.6) is 0 Å². The molecule has 1 aliphatic carbocycles. The molecule has 0 heterocycles. The fourth-order valence-corrected chi connectivity index (χ4v) is 3.27. The van der Waals surface area contributed by atoms with Crippen LogP contribution in [0.1, 0.15) is 17.5 Å². The van der Waals surface area contributed by atoms with Crippen LogP contribution in [-0.4, -0.2) is 18.4 Å². The molecule has 2 N–H and O–H groups in total. The van der Waals surface area contributed by atoms with Gasteiger partial charge in [-0.25, -0.2) is 0 Å². The monoisotopic (exact) mass is 390 g/mol. The van der Waals surface area contributed by atoms with Crippen LogP contribution in [0.2, 0.25) is 10.0 Å². The summed E-state index contributed by atoms with van der Waals surface area (Å²) >= 11 is 11.9. The number of halogens is 2. The summed E-state index contributed by atoms with van der Waals surface area (Å²) in [4.78, 5) is 24.5. The van der Waals surface area contributed by atoms with E-state index in [2.05, 4.69) is 10.6 Å². The predicted octanol–water partition coefficient (Wildman–Crippen LogP) is 4.24. The van der Waals surface area contributed by atoms with Gasteiger partial charge in [0, 0.05) is 22.3 Å². The van der Waals surface area contributed by atoms with Crippen molar-refractivity contribution in [3.63, 3.8) is 0 Å². The molecule has 0 bridgehead atoms. The second kappa shape index (κ2) is 8.11. The van der Waals surface area contributed by atoms with E-state index in [4.69, 9.17) is 23.2 Å². The van der Waals surface area contributed by atoms with Gasteiger partial charge in [0.15, 0.2) is 0 Å². The second-order valence-electron chi connectivity index (χ2n) is 6.57. The van der Waals surface area contributed by atoms with Crippen LogP contribution in [0.15, 0.2) is 42.5 Å². The average Bonchev–Trinajstić information content (AvgIpc) is 3.39. The van der Waals surface area contributed by atoms with Crippen molar-refractivity contribution >= 4 is 40.7 Å². The number of carbonyl (C=O) groups excluding carboxylic acids is 2. The number of anilines is 1. The summed E-state index contributed by atoms with van der Waals surface area (Å²) in [6, 6.07) is 12.9. The molecule has 2 unspecified atom stereocenters. The summed E-state index contributed by atoms with van der Waals surface area (Å²) in [5.74, 6) is -0.742. The molecule has 0 radical (unpaired) electrons. The smallest absolute Gasteiger partial charge is 0.228 e. The summed E-state index contributed by atoms with van der Waals surface area (Å²) in [6.07, 6.45) is 1.28. The van der Waals surface area contributed by atoms with Gasteiger partial charge in [0.2, 0.25) is 11.8 Å². The van der Waals surface area contributed by atoms with Crippen LogP contribution >= 0.6 is 23.2 Å². The lowest BCUT2D eigenvalue weighted by molar-refractivity contribution is -0.125. The first-order valence-electron chi connectivity index (χ1n) is 8.53. The lowest BCUT2D eigenvalue weighted by Gasteiger charge is -2.09. The lowest BCUT2D eigenvalue weighted by Crippen LogP contribution is -2.29. The molecule has 136 valence electrons. The van der Waals surface area contributed by atoms with E-state index in [0.29, 0.717) is 35.1 Å². The Morgan fingerprint density at radius 3 is 2.54 bits per heavy atom. The van der Waals surface area contributed by atoms with Crippen molar-refractivity contribution < 1.29 is 9.59 Å². The Balaban J connectivity index is 1.46. The van der Waals surface area contributed by atoms with Gasteiger partial charge in [0.05, 0.1) is 11.8 Å². The highest BCUT2D eigenvalue weighted by Gasteiger charge is 2.47. The molecule has 1 aliphatic rings. The Morgan fingerprint density at radius 2 is 1.77 bits per heavy atom. The minimum absolute atomic E-state index is 0.0741. The maximum absolute atomic E-state index is 12.3. The highest BCUT2D eigenvalue weighted by atomic mass is 35.5. The second-order valence-corrected chi connectivity index (χ2v) is 7.44. The van der Waals surface area contributed by atoms with Gasteiger partial charge in [0.1, 0.15) is 0 Å². The van der Waals surface area contributed by atoms with Gasteiger partial charge in [0.25, 0.3) is 0 Å². The zero-order valence-electron chi connectivity index (χ0n) is 14.4. The van der Waals surface area contributed by atoms with Crippen molar-refractivity contribution in [1.29, 1.82) is 0 Å². The Kier molecular flexibility index (Phi) is 5.84. The minimum atomic E-state index is -0.278. The highest BCUT2D eigenvalue weighted by Crippen LogP contribution is 2.39. The Morgan fingerprint density at radius 1 is 1.04 bits per heavy atom. The molecule has 3 rings (SSSR count). The molecule has 6 heteroatoms. The van der Waals surface area contributed by atoms with Crippen LogP contribution in [0.25, 0.3) is 0 Å². The third-order valence-corrected chi connectivity index (χ3v) is 4.99. The van der Waals surface area contributed by atoms with E-state index >= 15 is 0 Å². The first-order valence-corrected chi connectivity index (χ1v) is 9.29. The number of hydrogen-bond acceptors (Lipinski definition) is 2. The molecule has 2 aromatic carbocycles. The largest absolute Gasteiger partial charge is 0.356 e. The molecule has 1 saturated carbocycles. The van der Waals surface area contributed by atoms with E-state index in [-0.39, 0.29) is 23.7 Å². The maximum Gasteiger partial charge on any atom is 0.228 e. The number of nitrogens with one attached hydrogen (secondary N) is 2. The van der Waals surface area contributed by atoms with E-state index in [1.807, 2.05) is 37.3 Å². The van der Waals surface area contributed by atoms with E-state index < -0.39 is 0 Å². The van der Waals surface area contributed by atoms with Crippen LogP contribution in [0, 0.1) is 18.8 Å². The normalized spacial score (nSPS) is 18.3. The molecule has 4 nitrogen and oxygen atoms in total. The molecule has 0 aromatic heterocycles. The number of amides is 2. The maximum atomic E-state index is 12.3. The van der Waals surface area contributed by atoms with Gasteiger partial charge in [-0.1, -0.05) is 41.4 Å². The summed E-state index contributed by atoms with van der Waals surface area (Å²) in [5.41, 5.74) is 2.69. The first-order chi connectivity index (χ1) is 12.4. The fourth-order valence-electron chi connectivity index (χ4n) is 2.88. The van der Waals surface area contributed by atoms with Crippen LogP contribution in [0.3, 0.4) is 0 Å². The zero-order chi connectivity index (χ0) is 18.7. The minimum Gasteiger partial charge on any atom is -0.356 e. The summed E-state index contributed by atoms with van der Waals surface area (Å²) < 4.78 is 0. The number of hydrogen-bond donors (Lipinski definition) is 2. The highest BCUT2D eigenvalue weighted by molar-refractivity contribution is 6.31.